The van der Waals surface area contributed by atoms with E-state index in [9.17, 15) is 25.0 Å². The Morgan fingerprint density at radius 1 is 1.36 bits per heavy atom. The number of nitro benzene ring substituents is 2. The Morgan fingerprint density at radius 3 is 2.64 bits per heavy atom. The smallest absolute Gasteiger partial charge is 0.295 e. The van der Waals surface area contributed by atoms with Crippen LogP contribution in [0.3, 0.4) is 0 Å². The predicted octanol–water partition coefficient (Wildman–Crippen LogP) is 2.07. The Hall–Kier alpha value is -2.26. The van der Waals surface area contributed by atoms with Crippen LogP contribution in [0.1, 0.15) is 23.2 Å². The van der Waals surface area contributed by atoms with Gasteiger partial charge in [0.25, 0.3) is 17.3 Å². The molecule has 118 valence electrons. The number of benzene rings is 1. The summed E-state index contributed by atoms with van der Waals surface area (Å²) in [6.45, 7) is 0.829. The van der Waals surface area contributed by atoms with Crippen LogP contribution in [0.15, 0.2) is 12.1 Å². The number of carbonyl (C=O) groups is 1. The number of rotatable bonds is 5. The molecule has 22 heavy (non-hydrogen) atoms. The fourth-order valence-corrected chi connectivity index (χ4v) is 2.37. The molecule has 0 radical (unpaired) electrons. The van der Waals surface area contributed by atoms with Gasteiger partial charge in [-0.3, -0.25) is 25.0 Å². The van der Waals surface area contributed by atoms with Gasteiger partial charge in [0.2, 0.25) is 0 Å². The highest BCUT2D eigenvalue weighted by Gasteiger charge is 2.27. The quantitative estimate of drug-likeness (QED) is 0.651. The normalized spacial score (nSPS) is 17.2. The number of halogens is 1. The molecule has 10 heteroatoms. The van der Waals surface area contributed by atoms with Crippen LogP contribution >= 0.6 is 11.6 Å². The second-order valence-corrected chi connectivity index (χ2v) is 5.06. The van der Waals surface area contributed by atoms with Gasteiger partial charge in [0.15, 0.2) is 0 Å². The molecule has 2 rings (SSSR count). The molecule has 1 heterocycles. The molecule has 1 unspecified atom stereocenters. The van der Waals surface area contributed by atoms with Crippen molar-refractivity contribution in [2.45, 2.75) is 18.9 Å². The first-order chi connectivity index (χ1) is 10.4. The lowest BCUT2D eigenvalue weighted by atomic mass is 10.1. The third-order valence-electron chi connectivity index (χ3n) is 3.20. The van der Waals surface area contributed by atoms with Gasteiger partial charge in [-0.1, -0.05) is 11.6 Å². The van der Waals surface area contributed by atoms with Gasteiger partial charge >= 0.3 is 0 Å². The molecular weight excluding hydrogens is 318 g/mol. The summed E-state index contributed by atoms with van der Waals surface area (Å²) in [5, 5.41) is 23.8. The molecular formula is C12H12ClN3O6. The van der Waals surface area contributed by atoms with E-state index in [-0.39, 0.29) is 18.2 Å². The van der Waals surface area contributed by atoms with E-state index in [1.54, 1.807) is 0 Å². The lowest BCUT2D eigenvalue weighted by Gasteiger charge is -2.11. The second kappa shape index (κ2) is 6.67. The Balaban J connectivity index is 2.25. The minimum Gasteiger partial charge on any atom is -0.376 e. The number of nitro groups is 2. The van der Waals surface area contributed by atoms with E-state index >= 15 is 0 Å². The Kier molecular flexibility index (Phi) is 4.88. The Morgan fingerprint density at radius 2 is 2.09 bits per heavy atom. The topological polar surface area (TPSA) is 125 Å². The van der Waals surface area contributed by atoms with Crippen molar-refractivity contribution in [1.82, 2.24) is 5.32 Å². The number of hydrogen-bond donors (Lipinski definition) is 1. The second-order valence-electron chi connectivity index (χ2n) is 4.69. The lowest BCUT2D eigenvalue weighted by molar-refractivity contribution is -0.394. The monoisotopic (exact) mass is 329 g/mol. The Labute approximate surface area is 129 Å². The van der Waals surface area contributed by atoms with Crippen molar-refractivity contribution < 1.29 is 19.4 Å². The molecule has 1 aliphatic rings. The van der Waals surface area contributed by atoms with Crippen LogP contribution in [0.4, 0.5) is 11.4 Å². The number of ether oxygens (including phenoxy) is 1. The molecule has 1 aromatic rings. The predicted molar refractivity (Wildman–Crippen MR) is 76.1 cm³/mol. The SMILES string of the molecule is O=C(NCC1CCCO1)c1cc([N+](=O)[O-])cc([N+](=O)[O-])c1Cl. The van der Waals surface area contributed by atoms with Crippen molar-refractivity contribution in [1.29, 1.82) is 0 Å². The van der Waals surface area contributed by atoms with Crippen molar-refractivity contribution in [3.05, 3.63) is 42.9 Å². The number of amides is 1. The molecule has 1 amide bonds. The summed E-state index contributed by atoms with van der Waals surface area (Å²) in [4.78, 5) is 32.1. The fraction of sp³-hybridized carbons (Fsp3) is 0.417. The summed E-state index contributed by atoms with van der Waals surface area (Å²) in [5.41, 5.74) is -1.56. The molecule has 1 saturated heterocycles. The molecule has 1 aliphatic heterocycles. The summed E-state index contributed by atoms with van der Waals surface area (Å²) in [6.07, 6.45) is 1.56. The summed E-state index contributed by atoms with van der Waals surface area (Å²) >= 11 is 5.81. The van der Waals surface area contributed by atoms with E-state index in [1.165, 1.54) is 0 Å². The van der Waals surface area contributed by atoms with E-state index < -0.39 is 32.2 Å². The molecule has 0 aromatic heterocycles. The van der Waals surface area contributed by atoms with Crippen LogP contribution in [0, 0.1) is 20.2 Å². The molecule has 0 bridgehead atoms. The minimum absolute atomic E-state index is 0.128. The number of hydrogen-bond acceptors (Lipinski definition) is 6. The summed E-state index contributed by atoms with van der Waals surface area (Å²) < 4.78 is 5.33. The average Bonchev–Trinajstić information content (AvgIpc) is 2.97. The van der Waals surface area contributed by atoms with Gasteiger partial charge in [0.1, 0.15) is 5.02 Å². The zero-order valence-corrected chi connectivity index (χ0v) is 12.0. The standard InChI is InChI=1S/C12H12ClN3O6/c13-11-9(12(17)14-6-8-2-1-3-22-8)4-7(15(18)19)5-10(11)16(20)21/h4-5,8H,1-3,6H2,(H,14,17). The van der Waals surface area contributed by atoms with E-state index in [1.807, 2.05) is 0 Å². The highest BCUT2D eigenvalue weighted by molar-refractivity contribution is 6.36. The first kappa shape index (κ1) is 16.1. The molecule has 1 fully saturated rings. The maximum Gasteiger partial charge on any atom is 0.295 e. The minimum atomic E-state index is -0.869. The van der Waals surface area contributed by atoms with Crippen molar-refractivity contribution >= 4 is 28.9 Å². The van der Waals surface area contributed by atoms with Crippen LogP contribution in [0.5, 0.6) is 0 Å². The average molecular weight is 330 g/mol. The van der Waals surface area contributed by atoms with Gasteiger partial charge in [-0.15, -0.1) is 0 Å². The number of nitrogens with one attached hydrogen (secondary N) is 1. The summed E-state index contributed by atoms with van der Waals surface area (Å²) in [6, 6.07) is 1.64. The van der Waals surface area contributed by atoms with Gasteiger partial charge in [-0.05, 0) is 12.8 Å². The van der Waals surface area contributed by atoms with E-state index in [0.717, 1.165) is 25.0 Å². The number of carbonyl (C=O) groups excluding carboxylic acids is 1. The molecule has 9 nitrogen and oxygen atoms in total. The van der Waals surface area contributed by atoms with Gasteiger partial charge in [0, 0.05) is 19.2 Å². The van der Waals surface area contributed by atoms with E-state index in [4.69, 9.17) is 16.3 Å². The van der Waals surface area contributed by atoms with E-state index in [2.05, 4.69) is 5.32 Å². The zero-order chi connectivity index (χ0) is 16.3. The summed E-state index contributed by atoms with van der Waals surface area (Å²) in [7, 11) is 0. The molecule has 0 spiro atoms. The Bertz CT molecular complexity index is 630. The number of non-ortho nitro benzene ring substituents is 1. The van der Waals surface area contributed by atoms with Crippen LogP contribution in [-0.4, -0.2) is 35.0 Å². The van der Waals surface area contributed by atoms with Crippen molar-refractivity contribution in [2.24, 2.45) is 0 Å². The van der Waals surface area contributed by atoms with E-state index in [0.29, 0.717) is 6.61 Å². The molecule has 1 N–H and O–H groups in total. The van der Waals surface area contributed by atoms with Crippen LogP contribution in [-0.2, 0) is 4.74 Å². The van der Waals surface area contributed by atoms with Gasteiger partial charge in [-0.25, -0.2) is 0 Å². The molecule has 1 aromatic carbocycles. The van der Waals surface area contributed by atoms with Gasteiger partial charge < -0.3 is 10.1 Å². The fourth-order valence-electron chi connectivity index (χ4n) is 2.10. The van der Waals surface area contributed by atoms with Crippen molar-refractivity contribution in [3.8, 4) is 0 Å². The largest absolute Gasteiger partial charge is 0.376 e. The molecule has 0 aliphatic carbocycles. The third-order valence-corrected chi connectivity index (χ3v) is 3.60. The van der Waals surface area contributed by atoms with Gasteiger partial charge in [0.05, 0.1) is 27.6 Å². The first-order valence-electron chi connectivity index (χ1n) is 6.42. The molecule has 1 atom stereocenters. The number of nitrogens with zero attached hydrogens (tertiary/aromatic N) is 2. The maximum atomic E-state index is 12.1. The van der Waals surface area contributed by atoms with Crippen LogP contribution in [0.25, 0.3) is 0 Å². The lowest BCUT2D eigenvalue weighted by Crippen LogP contribution is -2.32. The maximum absolute atomic E-state index is 12.1. The first-order valence-corrected chi connectivity index (χ1v) is 6.80. The molecule has 0 saturated carbocycles. The van der Waals surface area contributed by atoms with Crippen molar-refractivity contribution in [2.75, 3.05) is 13.2 Å². The van der Waals surface area contributed by atoms with Crippen LogP contribution in [0.2, 0.25) is 5.02 Å². The summed E-state index contributed by atoms with van der Waals surface area (Å²) in [5.74, 6) is -0.715. The highest BCUT2D eigenvalue weighted by atomic mass is 35.5. The van der Waals surface area contributed by atoms with Crippen LogP contribution < -0.4 is 5.32 Å². The van der Waals surface area contributed by atoms with Crippen molar-refractivity contribution in [3.63, 3.8) is 0 Å². The zero-order valence-electron chi connectivity index (χ0n) is 11.3. The highest BCUT2D eigenvalue weighted by Crippen LogP contribution is 2.32. The van der Waals surface area contributed by atoms with Gasteiger partial charge in [-0.2, -0.15) is 0 Å². The third kappa shape index (κ3) is 3.49.